The van der Waals surface area contributed by atoms with E-state index in [2.05, 4.69) is 20.9 Å². The number of benzene rings is 1. The van der Waals surface area contributed by atoms with Gasteiger partial charge in [0.2, 0.25) is 0 Å². The second-order valence-corrected chi connectivity index (χ2v) is 5.78. The lowest BCUT2D eigenvalue weighted by molar-refractivity contribution is -0.110. The Kier molecular flexibility index (Phi) is 2.69. The van der Waals surface area contributed by atoms with Crippen LogP contribution >= 0.6 is 0 Å². The molecule has 1 aromatic heterocycles. The predicted molar refractivity (Wildman–Crippen MR) is 87.6 cm³/mol. The lowest BCUT2D eigenvalue weighted by Crippen LogP contribution is -2.12. The number of nitrogens with zero attached hydrogens (tertiary/aromatic N) is 1. The van der Waals surface area contributed by atoms with Crippen molar-refractivity contribution in [3.8, 4) is 0 Å². The summed E-state index contributed by atoms with van der Waals surface area (Å²) in [6.07, 6.45) is 3.60. The Balaban J connectivity index is 1.73. The fraction of sp³-hybridized carbons (Fsp3) is 0.176. The van der Waals surface area contributed by atoms with Crippen molar-refractivity contribution in [3.63, 3.8) is 0 Å². The molecule has 2 aromatic rings. The Morgan fingerprint density at radius 2 is 1.91 bits per heavy atom. The minimum Gasteiger partial charge on any atom is -0.360 e. The van der Waals surface area contributed by atoms with E-state index in [1.54, 1.807) is 6.20 Å². The number of amides is 1. The Labute approximate surface area is 128 Å². The summed E-state index contributed by atoms with van der Waals surface area (Å²) in [5.74, 6) is -0.0255. The molecule has 22 heavy (non-hydrogen) atoms. The van der Waals surface area contributed by atoms with E-state index in [1.807, 2.05) is 44.3 Å². The number of allylic oxidation sites excluding steroid dienone is 1. The molecule has 110 valence electrons. The van der Waals surface area contributed by atoms with E-state index in [4.69, 9.17) is 0 Å². The second kappa shape index (κ2) is 4.59. The summed E-state index contributed by atoms with van der Waals surface area (Å²) in [7, 11) is 0. The summed E-state index contributed by atoms with van der Waals surface area (Å²) in [6, 6.07) is 7.97. The summed E-state index contributed by atoms with van der Waals surface area (Å²) in [4.78, 5) is 16.2. The number of hydrogen-bond donors (Lipinski definition) is 3. The van der Waals surface area contributed by atoms with Gasteiger partial charge in [0, 0.05) is 29.1 Å². The molecule has 0 radical (unpaired) electrons. The SMILES string of the molecule is CC(C)=C1C(=O)Nc2cc3c(cc21)NC(c1cccnc1)N3. The van der Waals surface area contributed by atoms with Gasteiger partial charge in [0.05, 0.1) is 17.1 Å². The van der Waals surface area contributed by atoms with Crippen molar-refractivity contribution in [1.29, 1.82) is 0 Å². The minimum absolute atomic E-state index is 0.00270. The van der Waals surface area contributed by atoms with Gasteiger partial charge >= 0.3 is 0 Å². The molecular formula is C17H16N4O. The van der Waals surface area contributed by atoms with Crippen LogP contribution in [0.1, 0.15) is 31.1 Å². The molecule has 0 spiro atoms. The van der Waals surface area contributed by atoms with Gasteiger partial charge < -0.3 is 16.0 Å². The molecular weight excluding hydrogens is 276 g/mol. The summed E-state index contributed by atoms with van der Waals surface area (Å²) >= 11 is 0. The van der Waals surface area contributed by atoms with E-state index in [0.717, 1.165) is 39.3 Å². The number of nitrogens with one attached hydrogen (secondary N) is 3. The number of carbonyl (C=O) groups is 1. The van der Waals surface area contributed by atoms with Crippen molar-refractivity contribution in [2.45, 2.75) is 20.0 Å². The smallest absolute Gasteiger partial charge is 0.256 e. The highest BCUT2D eigenvalue weighted by Crippen LogP contribution is 2.43. The van der Waals surface area contributed by atoms with Crippen LogP contribution in [0.15, 0.2) is 42.2 Å². The van der Waals surface area contributed by atoms with Gasteiger partial charge in [0.25, 0.3) is 5.91 Å². The molecule has 1 aromatic carbocycles. The maximum Gasteiger partial charge on any atom is 0.256 e. The first-order valence-electron chi connectivity index (χ1n) is 7.24. The quantitative estimate of drug-likeness (QED) is 0.705. The van der Waals surface area contributed by atoms with Crippen LogP contribution in [-0.4, -0.2) is 10.9 Å². The number of hydrogen-bond acceptors (Lipinski definition) is 4. The second-order valence-electron chi connectivity index (χ2n) is 5.78. The molecule has 0 bridgehead atoms. The molecule has 0 fully saturated rings. The monoisotopic (exact) mass is 292 g/mol. The first kappa shape index (κ1) is 12.9. The number of carbonyl (C=O) groups excluding carboxylic acids is 1. The summed E-state index contributed by atoms with van der Waals surface area (Å²) in [5, 5.41) is 9.80. The Bertz CT molecular complexity index is 807. The van der Waals surface area contributed by atoms with Gasteiger partial charge in [-0.25, -0.2) is 0 Å². The number of anilines is 3. The molecule has 2 aliphatic rings. The number of pyridine rings is 1. The van der Waals surface area contributed by atoms with E-state index >= 15 is 0 Å². The topological polar surface area (TPSA) is 66.0 Å². The van der Waals surface area contributed by atoms with Crippen molar-refractivity contribution < 1.29 is 4.79 Å². The van der Waals surface area contributed by atoms with Gasteiger partial charge in [-0.3, -0.25) is 9.78 Å². The third-order valence-electron chi connectivity index (χ3n) is 4.02. The van der Waals surface area contributed by atoms with Gasteiger partial charge in [-0.05, 0) is 32.0 Å². The van der Waals surface area contributed by atoms with E-state index in [-0.39, 0.29) is 12.1 Å². The van der Waals surface area contributed by atoms with Crippen LogP contribution in [0.5, 0.6) is 0 Å². The zero-order valence-electron chi connectivity index (χ0n) is 12.4. The van der Waals surface area contributed by atoms with Crippen LogP contribution in [-0.2, 0) is 4.79 Å². The highest BCUT2D eigenvalue weighted by Gasteiger charge is 2.30. The Morgan fingerprint density at radius 3 is 2.59 bits per heavy atom. The maximum absolute atomic E-state index is 12.1. The van der Waals surface area contributed by atoms with E-state index in [0.29, 0.717) is 0 Å². The molecule has 0 aliphatic carbocycles. The molecule has 2 aliphatic heterocycles. The maximum atomic E-state index is 12.1. The van der Waals surface area contributed by atoms with Gasteiger partial charge in [-0.1, -0.05) is 11.6 Å². The van der Waals surface area contributed by atoms with Crippen molar-refractivity contribution >= 4 is 28.5 Å². The van der Waals surface area contributed by atoms with E-state index in [9.17, 15) is 4.79 Å². The van der Waals surface area contributed by atoms with Crippen molar-refractivity contribution in [2.24, 2.45) is 0 Å². The third-order valence-corrected chi connectivity index (χ3v) is 4.02. The van der Waals surface area contributed by atoms with Gasteiger partial charge in [-0.2, -0.15) is 0 Å². The van der Waals surface area contributed by atoms with Gasteiger partial charge in [-0.15, -0.1) is 0 Å². The standard InChI is InChI=1S/C17H16N4O/c1-9(2)15-11-6-13-14(7-12(11)21-17(15)22)20-16(19-13)10-4-3-5-18-8-10/h3-8,16,19-20H,1-2H3,(H,21,22). The zero-order chi connectivity index (χ0) is 15.3. The first-order chi connectivity index (χ1) is 10.6. The molecule has 5 nitrogen and oxygen atoms in total. The van der Waals surface area contributed by atoms with Crippen LogP contribution in [0.3, 0.4) is 0 Å². The highest BCUT2D eigenvalue weighted by molar-refractivity contribution is 6.32. The molecule has 0 saturated carbocycles. The molecule has 0 saturated heterocycles. The normalized spacial score (nSPS) is 18.2. The van der Waals surface area contributed by atoms with Crippen molar-refractivity contribution in [1.82, 2.24) is 4.98 Å². The van der Waals surface area contributed by atoms with E-state index < -0.39 is 0 Å². The van der Waals surface area contributed by atoms with Crippen LogP contribution in [0.4, 0.5) is 17.1 Å². The molecule has 3 heterocycles. The summed E-state index contributed by atoms with van der Waals surface area (Å²) < 4.78 is 0. The van der Waals surface area contributed by atoms with Crippen LogP contribution < -0.4 is 16.0 Å². The summed E-state index contributed by atoms with van der Waals surface area (Å²) in [5.41, 5.74) is 6.68. The summed E-state index contributed by atoms with van der Waals surface area (Å²) in [6.45, 7) is 3.92. The average molecular weight is 292 g/mol. The fourth-order valence-electron chi connectivity index (χ4n) is 3.01. The number of aromatic nitrogens is 1. The Morgan fingerprint density at radius 1 is 1.14 bits per heavy atom. The molecule has 3 N–H and O–H groups in total. The number of rotatable bonds is 1. The van der Waals surface area contributed by atoms with Gasteiger partial charge in [0.15, 0.2) is 0 Å². The van der Waals surface area contributed by atoms with Crippen LogP contribution in [0.25, 0.3) is 5.57 Å². The molecule has 1 amide bonds. The molecule has 1 unspecified atom stereocenters. The Hall–Kier alpha value is -2.82. The molecule has 4 rings (SSSR count). The largest absolute Gasteiger partial charge is 0.360 e. The minimum atomic E-state index is -0.0255. The van der Waals surface area contributed by atoms with Crippen LogP contribution in [0.2, 0.25) is 0 Å². The van der Waals surface area contributed by atoms with Crippen molar-refractivity contribution in [2.75, 3.05) is 16.0 Å². The third kappa shape index (κ3) is 1.86. The van der Waals surface area contributed by atoms with Gasteiger partial charge in [0.1, 0.15) is 6.17 Å². The predicted octanol–water partition coefficient (Wildman–Crippen LogP) is 3.36. The van der Waals surface area contributed by atoms with Crippen molar-refractivity contribution in [3.05, 3.63) is 53.4 Å². The van der Waals surface area contributed by atoms with E-state index in [1.165, 1.54) is 0 Å². The average Bonchev–Trinajstić information content (AvgIpc) is 3.04. The molecule has 1 atom stereocenters. The zero-order valence-corrected chi connectivity index (χ0v) is 12.4. The lowest BCUT2D eigenvalue weighted by atomic mass is 10.0. The van der Waals surface area contributed by atoms with Crippen LogP contribution in [0, 0.1) is 0 Å². The molecule has 5 heteroatoms. The fourth-order valence-corrected chi connectivity index (χ4v) is 3.01. The first-order valence-corrected chi connectivity index (χ1v) is 7.24. The number of fused-ring (bicyclic) bond motifs is 2. The lowest BCUT2D eigenvalue weighted by Gasteiger charge is -2.11. The highest BCUT2D eigenvalue weighted by atomic mass is 16.2.